The lowest BCUT2D eigenvalue weighted by Crippen LogP contribution is -2.49. The summed E-state index contributed by atoms with van der Waals surface area (Å²) in [6.45, 7) is 5.69. The van der Waals surface area contributed by atoms with E-state index in [-0.39, 0.29) is 5.91 Å². The Balaban J connectivity index is 1.45. The van der Waals surface area contributed by atoms with Gasteiger partial charge in [0, 0.05) is 54.8 Å². The molecule has 5 heteroatoms. The smallest absolute Gasteiger partial charge is 0.219 e. The summed E-state index contributed by atoms with van der Waals surface area (Å²) < 4.78 is 0. The lowest BCUT2D eigenvalue weighted by molar-refractivity contribution is -0.130. The van der Waals surface area contributed by atoms with Crippen molar-refractivity contribution in [1.82, 2.24) is 14.8 Å². The number of amides is 1. The predicted octanol–water partition coefficient (Wildman–Crippen LogP) is 4.59. The number of piperidine rings is 2. The van der Waals surface area contributed by atoms with Crippen molar-refractivity contribution in [3.8, 4) is 11.3 Å². The van der Waals surface area contributed by atoms with Gasteiger partial charge in [-0.15, -0.1) is 0 Å². The van der Waals surface area contributed by atoms with Crippen LogP contribution in [-0.4, -0.2) is 52.9 Å². The number of benzene rings is 1. The van der Waals surface area contributed by atoms with Crippen LogP contribution in [-0.2, 0) is 4.79 Å². The van der Waals surface area contributed by atoms with E-state index in [1.54, 1.807) is 6.92 Å². The highest BCUT2D eigenvalue weighted by Gasteiger charge is 2.30. The quantitative estimate of drug-likeness (QED) is 0.759. The minimum absolute atomic E-state index is 0.206. The molecule has 2 aromatic rings. The molecule has 1 atom stereocenters. The molecule has 0 unspecified atom stereocenters. The number of pyridine rings is 1. The normalized spacial score (nSPS) is 21.6. The first kappa shape index (κ1) is 19.4. The summed E-state index contributed by atoms with van der Waals surface area (Å²) in [6, 6.07) is 14.8. The van der Waals surface area contributed by atoms with Crippen molar-refractivity contribution in [2.24, 2.45) is 0 Å². The number of aromatic nitrogens is 1. The summed E-state index contributed by atoms with van der Waals surface area (Å²) in [5.74, 6) is 0.677. The van der Waals surface area contributed by atoms with E-state index in [2.05, 4.69) is 29.2 Å². The molecule has 1 aromatic carbocycles. The fourth-order valence-corrected chi connectivity index (χ4v) is 4.80. The molecule has 0 N–H and O–H groups in total. The van der Waals surface area contributed by atoms with Gasteiger partial charge in [0.2, 0.25) is 5.91 Å². The minimum Gasteiger partial charge on any atom is -0.343 e. The maximum Gasteiger partial charge on any atom is 0.219 e. The second kappa shape index (κ2) is 8.62. The molecule has 0 spiro atoms. The maximum atomic E-state index is 11.6. The zero-order chi connectivity index (χ0) is 19.5. The van der Waals surface area contributed by atoms with Crippen molar-refractivity contribution in [3.63, 3.8) is 0 Å². The maximum absolute atomic E-state index is 11.6. The monoisotopic (exact) mass is 397 g/mol. The second-order valence-corrected chi connectivity index (χ2v) is 8.47. The number of hydrogen-bond acceptors (Lipinski definition) is 3. The molecule has 28 heavy (non-hydrogen) atoms. The van der Waals surface area contributed by atoms with Gasteiger partial charge in [0.25, 0.3) is 0 Å². The first-order valence-corrected chi connectivity index (χ1v) is 10.7. The molecule has 3 heterocycles. The zero-order valence-corrected chi connectivity index (χ0v) is 17.2. The Morgan fingerprint density at radius 1 is 1.07 bits per heavy atom. The third-order valence-electron chi connectivity index (χ3n) is 6.19. The molecule has 4 rings (SSSR count). The van der Waals surface area contributed by atoms with Crippen molar-refractivity contribution in [3.05, 3.63) is 53.2 Å². The summed E-state index contributed by atoms with van der Waals surface area (Å²) in [6.07, 6.45) is 4.57. The summed E-state index contributed by atoms with van der Waals surface area (Å²) >= 11 is 6.16. The highest BCUT2D eigenvalue weighted by atomic mass is 35.5. The fourth-order valence-electron chi connectivity index (χ4n) is 4.61. The van der Waals surface area contributed by atoms with Gasteiger partial charge >= 0.3 is 0 Å². The highest BCUT2D eigenvalue weighted by Crippen LogP contribution is 2.31. The minimum atomic E-state index is 0.206. The highest BCUT2D eigenvalue weighted by molar-refractivity contribution is 6.30. The molecule has 0 aliphatic carbocycles. The Labute approximate surface area is 172 Å². The van der Waals surface area contributed by atoms with Gasteiger partial charge in [-0.2, -0.15) is 0 Å². The molecule has 2 aliphatic heterocycles. The van der Waals surface area contributed by atoms with E-state index in [1.165, 1.54) is 18.5 Å². The van der Waals surface area contributed by atoms with Crippen LogP contribution >= 0.6 is 11.6 Å². The Bertz CT molecular complexity index is 832. The molecular weight excluding hydrogens is 370 g/mol. The lowest BCUT2D eigenvalue weighted by atomic mass is 9.91. The topological polar surface area (TPSA) is 36.4 Å². The van der Waals surface area contributed by atoms with Gasteiger partial charge < -0.3 is 4.90 Å². The molecule has 148 valence electrons. The molecule has 0 bridgehead atoms. The first-order valence-electron chi connectivity index (χ1n) is 10.3. The largest absolute Gasteiger partial charge is 0.343 e. The molecular formula is C23H28ClN3O. The summed E-state index contributed by atoms with van der Waals surface area (Å²) in [5, 5.41) is 0.741. The third-order valence-corrected chi connectivity index (χ3v) is 6.42. The van der Waals surface area contributed by atoms with Crippen molar-refractivity contribution in [1.29, 1.82) is 0 Å². The van der Waals surface area contributed by atoms with Crippen LogP contribution < -0.4 is 0 Å². The molecule has 0 radical (unpaired) electrons. The molecule has 1 aromatic heterocycles. The first-order chi connectivity index (χ1) is 13.6. The SMILES string of the molecule is CC(=O)N1CCC(N2CCC[C@@H](c3cccc(-c4cccc(Cl)c4)n3)C2)CC1. The molecule has 2 fully saturated rings. The van der Waals surface area contributed by atoms with Crippen LogP contribution in [0.25, 0.3) is 11.3 Å². The van der Waals surface area contributed by atoms with Gasteiger partial charge in [0.05, 0.1) is 5.69 Å². The molecule has 1 amide bonds. The van der Waals surface area contributed by atoms with Crippen molar-refractivity contribution >= 4 is 17.5 Å². The molecule has 2 aliphatic rings. The average molecular weight is 398 g/mol. The van der Waals surface area contributed by atoms with E-state index < -0.39 is 0 Å². The number of halogens is 1. The number of hydrogen-bond donors (Lipinski definition) is 0. The van der Waals surface area contributed by atoms with Crippen LogP contribution in [0.1, 0.15) is 44.2 Å². The van der Waals surface area contributed by atoms with Crippen molar-refractivity contribution in [2.45, 2.75) is 44.6 Å². The number of nitrogens with zero attached hydrogens (tertiary/aromatic N) is 3. The Kier molecular flexibility index (Phi) is 5.98. The van der Waals surface area contributed by atoms with E-state index in [1.807, 2.05) is 23.1 Å². The van der Waals surface area contributed by atoms with E-state index in [0.29, 0.717) is 12.0 Å². The number of likely N-dealkylation sites (tertiary alicyclic amines) is 2. The van der Waals surface area contributed by atoms with Crippen LogP contribution in [0.2, 0.25) is 5.02 Å². The van der Waals surface area contributed by atoms with Crippen LogP contribution in [0.5, 0.6) is 0 Å². The van der Waals surface area contributed by atoms with Gasteiger partial charge in [-0.1, -0.05) is 29.8 Å². The molecule has 2 saturated heterocycles. The van der Waals surface area contributed by atoms with Gasteiger partial charge in [-0.25, -0.2) is 0 Å². The summed E-state index contributed by atoms with van der Waals surface area (Å²) in [7, 11) is 0. The Hall–Kier alpha value is -1.91. The molecule has 4 nitrogen and oxygen atoms in total. The van der Waals surface area contributed by atoms with Crippen molar-refractivity contribution in [2.75, 3.05) is 26.2 Å². The van der Waals surface area contributed by atoms with Gasteiger partial charge in [-0.05, 0) is 56.5 Å². The van der Waals surface area contributed by atoms with E-state index in [4.69, 9.17) is 16.6 Å². The van der Waals surface area contributed by atoms with Crippen LogP contribution in [0.4, 0.5) is 0 Å². The van der Waals surface area contributed by atoms with Gasteiger partial charge in [0.15, 0.2) is 0 Å². The Morgan fingerprint density at radius 2 is 1.86 bits per heavy atom. The zero-order valence-electron chi connectivity index (χ0n) is 16.5. The van der Waals surface area contributed by atoms with Crippen LogP contribution in [0.3, 0.4) is 0 Å². The fraction of sp³-hybridized carbons (Fsp3) is 0.478. The predicted molar refractivity (Wildman–Crippen MR) is 114 cm³/mol. The van der Waals surface area contributed by atoms with Gasteiger partial charge in [-0.3, -0.25) is 14.7 Å². The Morgan fingerprint density at radius 3 is 2.61 bits per heavy atom. The van der Waals surface area contributed by atoms with E-state index >= 15 is 0 Å². The molecule has 0 saturated carbocycles. The third kappa shape index (κ3) is 4.39. The number of carbonyl (C=O) groups is 1. The van der Waals surface area contributed by atoms with E-state index in [0.717, 1.165) is 55.3 Å². The summed E-state index contributed by atoms with van der Waals surface area (Å²) in [5.41, 5.74) is 3.24. The number of rotatable bonds is 3. The van der Waals surface area contributed by atoms with Gasteiger partial charge in [0.1, 0.15) is 0 Å². The lowest BCUT2D eigenvalue weighted by Gasteiger charge is -2.42. The van der Waals surface area contributed by atoms with Crippen molar-refractivity contribution < 1.29 is 4.79 Å². The second-order valence-electron chi connectivity index (χ2n) is 8.03. The average Bonchev–Trinajstić information content (AvgIpc) is 2.74. The van der Waals surface area contributed by atoms with E-state index in [9.17, 15) is 4.79 Å². The van der Waals surface area contributed by atoms with Crippen LogP contribution in [0, 0.1) is 0 Å². The number of carbonyl (C=O) groups excluding carboxylic acids is 1. The van der Waals surface area contributed by atoms with Crippen LogP contribution in [0.15, 0.2) is 42.5 Å². The summed E-state index contributed by atoms with van der Waals surface area (Å²) in [4.78, 5) is 21.2. The standard InChI is InChI=1S/C23H28ClN3O/c1-17(28)26-13-10-21(11-14-26)27-12-4-6-19(16-27)23-9-3-8-22(25-23)18-5-2-7-20(24)15-18/h2-3,5,7-9,15,19,21H,4,6,10-14,16H2,1H3/t19-/m1/s1.